The number of anilines is 1. The topological polar surface area (TPSA) is 86.7 Å². The van der Waals surface area contributed by atoms with Gasteiger partial charge in [0.25, 0.3) is 0 Å². The molecule has 4 aliphatic rings. The summed E-state index contributed by atoms with van der Waals surface area (Å²) in [7, 11) is 0. The molecule has 1 fully saturated rings. The Labute approximate surface area is 219 Å². The highest BCUT2D eigenvalue weighted by atomic mass is 16.4. The molecule has 0 saturated carbocycles. The summed E-state index contributed by atoms with van der Waals surface area (Å²) in [5.74, 6) is -1.09. The van der Waals surface area contributed by atoms with Crippen molar-refractivity contribution in [1.29, 1.82) is 5.26 Å². The Hall–Kier alpha value is -4.76. The van der Waals surface area contributed by atoms with Crippen LogP contribution in [0.15, 0.2) is 88.3 Å². The minimum atomic E-state index is -1.01. The van der Waals surface area contributed by atoms with Gasteiger partial charge in [-0.3, -0.25) is 9.59 Å². The third kappa shape index (κ3) is 2.68. The Morgan fingerprint density at radius 3 is 2.13 bits per heavy atom. The fraction of sp³-hybridized carbons (Fsp3) is 0.188. The van der Waals surface area contributed by atoms with Crippen LogP contribution in [0.2, 0.25) is 0 Å². The Morgan fingerprint density at radius 1 is 0.895 bits per heavy atom. The summed E-state index contributed by atoms with van der Waals surface area (Å²) >= 11 is 0. The second-order valence-corrected chi connectivity index (χ2v) is 10.2. The Bertz CT molecular complexity index is 1680. The molecular formula is C32H23N3O3. The molecule has 1 saturated heterocycles. The van der Waals surface area contributed by atoms with Crippen LogP contribution >= 0.6 is 0 Å². The molecule has 0 spiro atoms. The number of rotatable bonds is 3. The summed E-state index contributed by atoms with van der Waals surface area (Å²) in [5.41, 5.74) is 4.66. The Morgan fingerprint density at radius 2 is 1.50 bits per heavy atom. The van der Waals surface area contributed by atoms with Crippen LogP contribution in [0, 0.1) is 37.0 Å². The molecule has 2 heterocycles. The third-order valence-electron chi connectivity index (χ3n) is 8.56. The second kappa shape index (κ2) is 7.87. The smallest absolute Gasteiger partial charge is 0.239 e. The maximum atomic E-state index is 14.3. The van der Waals surface area contributed by atoms with Crippen LogP contribution in [-0.2, 0) is 15.0 Å². The van der Waals surface area contributed by atoms with Gasteiger partial charge in [-0.2, -0.15) is 5.26 Å². The van der Waals surface area contributed by atoms with Gasteiger partial charge in [0, 0.05) is 17.7 Å². The monoisotopic (exact) mass is 497 g/mol. The van der Waals surface area contributed by atoms with Crippen LogP contribution < -0.4 is 4.90 Å². The van der Waals surface area contributed by atoms with Crippen LogP contribution in [-0.4, -0.2) is 18.0 Å². The normalized spacial score (nSPS) is 24.9. The number of nitrogens with zero attached hydrogens (tertiary/aromatic N) is 3. The first-order valence-corrected chi connectivity index (χ1v) is 12.7. The molecule has 3 aliphatic carbocycles. The summed E-state index contributed by atoms with van der Waals surface area (Å²) in [6.07, 6.45) is 1.76. The molecule has 3 aromatic carbocycles. The van der Waals surface area contributed by atoms with Crippen molar-refractivity contribution in [2.24, 2.45) is 16.8 Å². The quantitative estimate of drug-likeness (QED) is 0.268. The predicted octanol–water partition coefficient (Wildman–Crippen LogP) is 5.72. The molecule has 0 radical (unpaired) electrons. The minimum Gasteiger partial charge on any atom is -0.442 e. The predicted molar refractivity (Wildman–Crippen MR) is 142 cm³/mol. The van der Waals surface area contributed by atoms with Gasteiger partial charge in [-0.05, 0) is 48.2 Å². The number of nitriles is 1. The van der Waals surface area contributed by atoms with E-state index < -0.39 is 17.3 Å². The van der Waals surface area contributed by atoms with Gasteiger partial charge in [-0.25, -0.2) is 9.89 Å². The van der Waals surface area contributed by atoms with E-state index in [0.29, 0.717) is 17.0 Å². The number of hydrogen-bond acceptors (Lipinski definition) is 5. The van der Waals surface area contributed by atoms with Crippen molar-refractivity contribution in [2.45, 2.75) is 25.2 Å². The van der Waals surface area contributed by atoms with Crippen LogP contribution in [0.5, 0.6) is 0 Å². The molecule has 184 valence electrons. The first-order valence-electron chi connectivity index (χ1n) is 12.7. The van der Waals surface area contributed by atoms with Crippen LogP contribution in [0.4, 0.5) is 11.6 Å². The third-order valence-corrected chi connectivity index (χ3v) is 8.56. The lowest BCUT2D eigenvalue weighted by Gasteiger charge is -2.52. The fourth-order valence-electron chi connectivity index (χ4n) is 6.87. The Kier molecular flexibility index (Phi) is 4.65. The zero-order valence-corrected chi connectivity index (χ0v) is 20.9. The lowest BCUT2D eigenvalue weighted by Crippen LogP contribution is -2.54. The molecule has 2 atom stereocenters. The minimum absolute atomic E-state index is 0.194. The SMILES string of the molecule is Cc1oc(N=CC23c4ccccc4C(c4ccccc42)[C@@H]2C(=O)N(c4ccccc4)C(=O)[C@@H]23)c(C#N)c1C. The van der Waals surface area contributed by atoms with Crippen molar-refractivity contribution in [1.82, 2.24) is 0 Å². The summed E-state index contributed by atoms with van der Waals surface area (Å²) in [5, 5.41) is 9.79. The highest BCUT2D eigenvalue weighted by Crippen LogP contribution is 2.63. The molecule has 38 heavy (non-hydrogen) atoms. The van der Waals surface area contributed by atoms with E-state index in [2.05, 4.69) is 18.2 Å². The van der Waals surface area contributed by atoms with E-state index in [4.69, 9.17) is 9.41 Å². The van der Waals surface area contributed by atoms with Crippen molar-refractivity contribution in [3.05, 3.63) is 118 Å². The summed E-state index contributed by atoms with van der Waals surface area (Å²) in [6.45, 7) is 3.63. The average Bonchev–Trinajstić information content (AvgIpc) is 3.39. The highest BCUT2D eigenvalue weighted by molar-refractivity contribution is 6.25. The fourth-order valence-corrected chi connectivity index (χ4v) is 6.87. The molecule has 0 N–H and O–H groups in total. The summed E-state index contributed by atoms with van der Waals surface area (Å²) in [4.78, 5) is 34.6. The van der Waals surface area contributed by atoms with E-state index in [1.54, 1.807) is 25.3 Å². The zero-order valence-electron chi connectivity index (χ0n) is 20.9. The van der Waals surface area contributed by atoms with Crippen LogP contribution in [0.25, 0.3) is 0 Å². The van der Waals surface area contributed by atoms with Crippen molar-refractivity contribution < 1.29 is 14.0 Å². The van der Waals surface area contributed by atoms with Crippen LogP contribution in [0.3, 0.4) is 0 Å². The molecule has 2 amide bonds. The van der Waals surface area contributed by atoms with E-state index in [-0.39, 0.29) is 23.6 Å². The molecule has 1 aromatic heterocycles. The molecule has 8 rings (SSSR count). The molecule has 2 bridgehead atoms. The lowest BCUT2D eigenvalue weighted by molar-refractivity contribution is -0.122. The van der Waals surface area contributed by atoms with Crippen LogP contribution in [0.1, 0.15) is 45.1 Å². The number of aryl methyl sites for hydroxylation is 1. The average molecular weight is 498 g/mol. The number of imide groups is 1. The van der Waals surface area contributed by atoms with Gasteiger partial charge in [0.05, 0.1) is 22.9 Å². The number of para-hydroxylation sites is 1. The first kappa shape index (κ1) is 22.4. The van der Waals surface area contributed by atoms with Gasteiger partial charge in [0.15, 0.2) is 0 Å². The van der Waals surface area contributed by atoms with Gasteiger partial charge < -0.3 is 4.42 Å². The molecular weight excluding hydrogens is 474 g/mol. The largest absolute Gasteiger partial charge is 0.442 e. The van der Waals surface area contributed by atoms with Crippen molar-refractivity contribution in [3.63, 3.8) is 0 Å². The van der Waals surface area contributed by atoms with Crippen molar-refractivity contribution >= 4 is 29.6 Å². The maximum Gasteiger partial charge on any atom is 0.239 e. The summed E-state index contributed by atoms with van der Waals surface area (Å²) in [6, 6.07) is 27.4. The van der Waals surface area contributed by atoms with Gasteiger partial charge in [-0.15, -0.1) is 0 Å². The standard InChI is InChI=1S/C32H23N3O3/c1-18-19(2)38-29(23(18)16-33)34-17-32-24-14-8-6-12-21(24)26(22-13-7-9-15-25(22)32)27-28(32)31(37)35(30(27)36)20-10-4-3-5-11-20/h3-15,17,26-28H,1-2H3/t26?,27-,28+,32?/m0/s1. The number of furan rings is 1. The Balaban J connectivity index is 1.52. The summed E-state index contributed by atoms with van der Waals surface area (Å²) < 4.78 is 5.87. The molecule has 0 unspecified atom stereocenters. The van der Waals surface area contributed by atoms with Crippen molar-refractivity contribution in [3.8, 4) is 6.07 Å². The molecule has 6 nitrogen and oxygen atoms in total. The van der Waals surface area contributed by atoms with Gasteiger partial charge in [-0.1, -0.05) is 66.7 Å². The molecule has 1 aliphatic heterocycles. The zero-order chi connectivity index (χ0) is 26.2. The van der Waals surface area contributed by atoms with Gasteiger partial charge >= 0.3 is 0 Å². The van der Waals surface area contributed by atoms with E-state index in [1.807, 2.05) is 61.5 Å². The highest BCUT2D eigenvalue weighted by Gasteiger charge is 2.68. The van der Waals surface area contributed by atoms with Crippen molar-refractivity contribution in [2.75, 3.05) is 4.90 Å². The molecule has 6 heteroatoms. The van der Waals surface area contributed by atoms with Gasteiger partial charge in [0.2, 0.25) is 17.7 Å². The maximum absolute atomic E-state index is 14.3. The number of benzene rings is 3. The van der Waals surface area contributed by atoms with E-state index in [9.17, 15) is 14.9 Å². The number of carbonyl (C=O) groups excluding carboxylic acids is 2. The number of amides is 2. The lowest BCUT2D eigenvalue weighted by atomic mass is 9.47. The molecule has 4 aromatic rings. The second-order valence-electron chi connectivity index (χ2n) is 10.2. The van der Waals surface area contributed by atoms with Gasteiger partial charge in [0.1, 0.15) is 17.4 Å². The first-order chi connectivity index (χ1) is 18.5. The van der Waals surface area contributed by atoms with E-state index in [1.165, 1.54) is 4.90 Å². The number of carbonyl (C=O) groups is 2. The number of aliphatic imine (C=N–C) groups is 1. The number of hydrogen-bond donors (Lipinski definition) is 0. The van der Waals surface area contributed by atoms with E-state index in [0.717, 1.165) is 27.8 Å². The van der Waals surface area contributed by atoms with E-state index >= 15 is 0 Å².